The summed E-state index contributed by atoms with van der Waals surface area (Å²) in [6.07, 6.45) is 2.87. The van der Waals surface area contributed by atoms with Crippen LogP contribution >= 0.6 is 0 Å². The lowest BCUT2D eigenvalue weighted by Crippen LogP contribution is -2.22. The zero-order valence-corrected chi connectivity index (χ0v) is 11.1. The smallest absolute Gasteiger partial charge is 0.0234 e. The van der Waals surface area contributed by atoms with Crippen LogP contribution in [0.4, 0.5) is 0 Å². The van der Waals surface area contributed by atoms with E-state index in [4.69, 9.17) is 0 Å². The average molecular weight is 232 g/mol. The van der Waals surface area contributed by atoms with Crippen molar-refractivity contribution in [1.82, 2.24) is 10.2 Å². The van der Waals surface area contributed by atoms with Crippen LogP contribution in [0.15, 0.2) is 24.3 Å². The van der Waals surface area contributed by atoms with E-state index >= 15 is 0 Å². The highest BCUT2D eigenvalue weighted by atomic mass is 15.1. The van der Waals surface area contributed by atoms with E-state index in [2.05, 4.69) is 48.5 Å². The summed E-state index contributed by atoms with van der Waals surface area (Å²) in [5, 5.41) is 3.41. The number of nitrogens with zero attached hydrogens (tertiary/aromatic N) is 1. The van der Waals surface area contributed by atoms with E-state index < -0.39 is 0 Å². The van der Waals surface area contributed by atoms with Crippen molar-refractivity contribution in [2.75, 3.05) is 20.1 Å². The van der Waals surface area contributed by atoms with Crippen molar-refractivity contribution < 1.29 is 0 Å². The van der Waals surface area contributed by atoms with Crippen molar-refractivity contribution >= 4 is 0 Å². The molecule has 0 heterocycles. The Morgan fingerprint density at radius 3 is 2.59 bits per heavy atom. The van der Waals surface area contributed by atoms with Crippen molar-refractivity contribution in [3.05, 3.63) is 35.4 Å². The molecule has 1 aliphatic rings. The first-order valence-electron chi connectivity index (χ1n) is 6.75. The molecule has 0 spiro atoms. The van der Waals surface area contributed by atoms with Crippen LogP contribution < -0.4 is 5.32 Å². The monoisotopic (exact) mass is 232 g/mol. The van der Waals surface area contributed by atoms with Crippen LogP contribution in [-0.2, 0) is 13.1 Å². The summed E-state index contributed by atoms with van der Waals surface area (Å²) in [7, 11) is 2.24. The fourth-order valence-electron chi connectivity index (χ4n) is 2.24. The van der Waals surface area contributed by atoms with Gasteiger partial charge in [-0.15, -0.1) is 0 Å². The summed E-state index contributed by atoms with van der Waals surface area (Å²) in [6.45, 7) is 6.52. The van der Waals surface area contributed by atoms with Crippen LogP contribution in [0.5, 0.6) is 0 Å². The Bertz CT molecular complexity index is 345. The maximum absolute atomic E-state index is 3.41. The molecule has 0 unspecified atom stereocenters. The topological polar surface area (TPSA) is 15.3 Å². The van der Waals surface area contributed by atoms with Gasteiger partial charge in [-0.05, 0) is 43.5 Å². The van der Waals surface area contributed by atoms with Gasteiger partial charge in [0.15, 0.2) is 0 Å². The van der Waals surface area contributed by atoms with Crippen LogP contribution in [0, 0.1) is 5.92 Å². The number of hydrogen-bond donors (Lipinski definition) is 1. The molecule has 0 amide bonds. The Morgan fingerprint density at radius 2 is 1.94 bits per heavy atom. The van der Waals surface area contributed by atoms with Crippen molar-refractivity contribution in [1.29, 1.82) is 0 Å². The molecule has 94 valence electrons. The summed E-state index contributed by atoms with van der Waals surface area (Å²) in [5.74, 6) is 0.973. The predicted molar refractivity (Wildman–Crippen MR) is 72.9 cm³/mol. The van der Waals surface area contributed by atoms with Crippen LogP contribution in [0.25, 0.3) is 0 Å². The minimum absolute atomic E-state index is 0.973. The van der Waals surface area contributed by atoms with Gasteiger partial charge in [-0.25, -0.2) is 0 Å². The van der Waals surface area contributed by atoms with Crippen LogP contribution in [0.1, 0.15) is 30.9 Å². The molecule has 0 radical (unpaired) electrons. The summed E-state index contributed by atoms with van der Waals surface area (Å²) < 4.78 is 0. The zero-order chi connectivity index (χ0) is 12.1. The molecule has 1 fully saturated rings. The second kappa shape index (κ2) is 6.18. The van der Waals surface area contributed by atoms with Crippen molar-refractivity contribution in [3.63, 3.8) is 0 Å². The maximum atomic E-state index is 3.41. The third-order valence-electron chi connectivity index (χ3n) is 3.39. The van der Waals surface area contributed by atoms with Crippen molar-refractivity contribution in [3.8, 4) is 0 Å². The molecule has 0 aliphatic heterocycles. The minimum atomic E-state index is 0.973. The zero-order valence-electron chi connectivity index (χ0n) is 11.1. The first-order valence-corrected chi connectivity index (χ1v) is 6.75. The number of hydrogen-bond acceptors (Lipinski definition) is 2. The molecule has 1 aromatic rings. The van der Waals surface area contributed by atoms with Gasteiger partial charge in [0.25, 0.3) is 0 Å². The lowest BCUT2D eigenvalue weighted by molar-refractivity contribution is 0.312. The maximum Gasteiger partial charge on any atom is 0.0234 e. The number of rotatable bonds is 7. The summed E-state index contributed by atoms with van der Waals surface area (Å²) in [5.41, 5.74) is 2.91. The second-order valence-corrected chi connectivity index (χ2v) is 5.19. The third kappa shape index (κ3) is 4.14. The molecule has 0 atom stereocenters. The highest BCUT2D eigenvalue weighted by molar-refractivity contribution is 5.26. The van der Waals surface area contributed by atoms with Gasteiger partial charge < -0.3 is 10.2 Å². The fourth-order valence-corrected chi connectivity index (χ4v) is 2.24. The van der Waals surface area contributed by atoms with Gasteiger partial charge >= 0.3 is 0 Å². The van der Waals surface area contributed by atoms with E-state index in [1.165, 1.54) is 30.5 Å². The van der Waals surface area contributed by atoms with Gasteiger partial charge in [0.2, 0.25) is 0 Å². The quantitative estimate of drug-likeness (QED) is 0.777. The molecule has 1 saturated carbocycles. The Kier molecular flexibility index (Phi) is 4.57. The van der Waals surface area contributed by atoms with Crippen LogP contribution in [-0.4, -0.2) is 25.0 Å². The van der Waals surface area contributed by atoms with Crippen LogP contribution in [0.3, 0.4) is 0 Å². The molecule has 0 saturated heterocycles. The molecular weight excluding hydrogens is 208 g/mol. The summed E-state index contributed by atoms with van der Waals surface area (Å²) in [4.78, 5) is 2.46. The Hall–Kier alpha value is -0.860. The van der Waals surface area contributed by atoms with Gasteiger partial charge in [-0.1, -0.05) is 31.2 Å². The molecule has 1 N–H and O–H groups in total. The third-order valence-corrected chi connectivity index (χ3v) is 3.39. The SMILES string of the molecule is CCNCc1ccccc1CN(C)CC1CC1. The second-order valence-electron chi connectivity index (χ2n) is 5.19. The molecular formula is C15H24N2. The lowest BCUT2D eigenvalue weighted by atomic mass is 10.1. The summed E-state index contributed by atoms with van der Waals surface area (Å²) >= 11 is 0. The lowest BCUT2D eigenvalue weighted by Gasteiger charge is -2.18. The van der Waals surface area contributed by atoms with Gasteiger partial charge in [0.05, 0.1) is 0 Å². The Morgan fingerprint density at radius 1 is 1.24 bits per heavy atom. The van der Waals surface area contributed by atoms with Crippen molar-refractivity contribution in [2.45, 2.75) is 32.9 Å². The first kappa shape index (κ1) is 12.6. The van der Waals surface area contributed by atoms with Gasteiger partial charge in [0.1, 0.15) is 0 Å². The van der Waals surface area contributed by atoms with Gasteiger partial charge in [-0.3, -0.25) is 0 Å². The van der Waals surface area contributed by atoms with Gasteiger partial charge in [0, 0.05) is 19.6 Å². The number of benzene rings is 1. The molecule has 2 rings (SSSR count). The molecule has 1 aromatic carbocycles. The highest BCUT2D eigenvalue weighted by Crippen LogP contribution is 2.29. The van der Waals surface area contributed by atoms with E-state index in [1.54, 1.807) is 0 Å². The summed E-state index contributed by atoms with van der Waals surface area (Å²) in [6, 6.07) is 8.78. The normalized spacial score (nSPS) is 15.5. The Balaban J connectivity index is 1.92. The van der Waals surface area contributed by atoms with E-state index in [0.717, 1.165) is 25.6 Å². The molecule has 1 aliphatic carbocycles. The fraction of sp³-hybridized carbons (Fsp3) is 0.600. The largest absolute Gasteiger partial charge is 0.313 e. The predicted octanol–water partition coefficient (Wildman–Crippen LogP) is 2.64. The molecule has 17 heavy (non-hydrogen) atoms. The Labute approximate surface area is 105 Å². The molecule has 2 heteroatoms. The average Bonchev–Trinajstić information content (AvgIpc) is 3.11. The highest BCUT2D eigenvalue weighted by Gasteiger charge is 2.22. The molecule has 2 nitrogen and oxygen atoms in total. The van der Waals surface area contributed by atoms with Gasteiger partial charge in [-0.2, -0.15) is 0 Å². The molecule has 0 aromatic heterocycles. The van der Waals surface area contributed by atoms with E-state index in [1.807, 2.05) is 0 Å². The first-order chi connectivity index (χ1) is 8.29. The molecule has 0 bridgehead atoms. The number of nitrogens with one attached hydrogen (secondary N) is 1. The van der Waals surface area contributed by atoms with Crippen molar-refractivity contribution in [2.24, 2.45) is 5.92 Å². The standard InChI is InChI=1S/C15H24N2/c1-3-16-10-14-6-4-5-7-15(14)12-17(2)11-13-8-9-13/h4-7,13,16H,3,8-12H2,1-2H3. The van der Waals surface area contributed by atoms with E-state index in [-0.39, 0.29) is 0 Å². The van der Waals surface area contributed by atoms with E-state index in [9.17, 15) is 0 Å². The van der Waals surface area contributed by atoms with Crippen LogP contribution in [0.2, 0.25) is 0 Å². The van der Waals surface area contributed by atoms with E-state index in [0.29, 0.717) is 0 Å². The minimum Gasteiger partial charge on any atom is -0.313 e.